The van der Waals surface area contributed by atoms with E-state index in [1.165, 1.54) is 0 Å². The normalized spacial score (nSPS) is 15.6. The van der Waals surface area contributed by atoms with E-state index in [0.717, 1.165) is 0 Å². The lowest BCUT2D eigenvalue weighted by Crippen LogP contribution is -2.65. The van der Waals surface area contributed by atoms with E-state index in [0.29, 0.717) is 6.92 Å². The summed E-state index contributed by atoms with van der Waals surface area (Å²) in [5, 5.41) is 0. The maximum atomic E-state index is 13.3. The smallest absolute Gasteiger partial charge is 0.393 e. The molecule has 0 saturated heterocycles. The van der Waals surface area contributed by atoms with Crippen molar-refractivity contribution in [2.75, 3.05) is 0 Å². The number of esters is 1. The minimum absolute atomic E-state index is 0.623. The van der Waals surface area contributed by atoms with Crippen molar-refractivity contribution in [3.05, 3.63) is 12.2 Å². The van der Waals surface area contributed by atoms with Crippen LogP contribution in [0.3, 0.4) is 0 Å². The molecule has 0 spiro atoms. The molecule has 1 unspecified atom stereocenters. The Morgan fingerprint density at radius 1 is 0.923 bits per heavy atom. The Bertz CT molecular complexity index is 537. The molecule has 0 N–H and O–H groups in total. The molecule has 2 nitrogen and oxygen atoms in total. The Morgan fingerprint density at radius 2 is 1.35 bits per heavy atom. The van der Waals surface area contributed by atoms with Gasteiger partial charge in [-0.25, -0.2) is 9.18 Å². The number of rotatable bonds is 8. The summed E-state index contributed by atoms with van der Waals surface area (Å²) in [4.78, 5) is 10.8. The van der Waals surface area contributed by atoms with Crippen molar-refractivity contribution in [2.24, 2.45) is 0 Å². The number of carbonyl (C=O) groups excluding carboxylic acids is 1. The Balaban J connectivity index is 5.71. The third kappa shape index (κ3) is 4.75. The van der Waals surface area contributed by atoms with Crippen LogP contribution in [0.25, 0.3) is 0 Å². The Kier molecular flexibility index (Phi) is 6.73. The first-order valence-corrected chi connectivity index (χ1v) is 6.31. The minimum Gasteiger partial charge on any atom is -0.393 e. The van der Waals surface area contributed by atoms with Crippen LogP contribution in [0, 0.1) is 0 Å². The van der Waals surface area contributed by atoms with Crippen LogP contribution in [0.5, 0.6) is 0 Å². The largest absolute Gasteiger partial charge is 0.473 e. The fourth-order valence-corrected chi connectivity index (χ4v) is 1.33. The lowest BCUT2D eigenvalue weighted by atomic mass is 9.96. The van der Waals surface area contributed by atoms with Gasteiger partial charge in [0, 0.05) is 12.0 Å². The lowest BCUT2D eigenvalue weighted by Gasteiger charge is -2.36. The van der Waals surface area contributed by atoms with E-state index >= 15 is 0 Å². The highest BCUT2D eigenvalue weighted by atomic mass is 19.4. The van der Waals surface area contributed by atoms with Gasteiger partial charge >= 0.3 is 36.0 Å². The van der Waals surface area contributed by atoms with Gasteiger partial charge in [0.05, 0.1) is 0 Å². The van der Waals surface area contributed by atoms with Crippen molar-refractivity contribution in [3.63, 3.8) is 0 Å². The van der Waals surface area contributed by atoms with Crippen LogP contribution in [0.1, 0.15) is 19.8 Å². The van der Waals surface area contributed by atoms with Crippen LogP contribution < -0.4 is 0 Å². The van der Waals surface area contributed by atoms with Gasteiger partial charge in [0.2, 0.25) is 0 Å². The predicted octanol–water partition coefficient (Wildman–Crippen LogP) is 5.29. The van der Waals surface area contributed by atoms with Gasteiger partial charge in [-0.1, -0.05) is 6.58 Å². The number of hydrogen-bond donors (Lipinski definition) is 0. The molecule has 0 aromatic heterocycles. The molecule has 0 radical (unpaired) electrons. The molecular formula is C12H10F12O2. The molecule has 0 heterocycles. The summed E-state index contributed by atoms with van der Waals surface area (Å²) in [6.45, 7) is 3.28. The van der Waals surface area contributed by atoms with Crippen molar-refractivity contribution in [2.45, 2.75) is 56.0 Å². The van der Waals surface area contributed by atoms with Gasteiger partial charge in [-0.15, -0.1) is 0 Å². The van der Waals surface area contributed by atoms with E-state index in [2.05, 4.69) is 11.3 Å². The van der Waals surface area contributed by atoms with Gasteiger partial charge in [0.1, 0.15) is 0 Å². The molecule has 0 saturated carbocycles. The summed E-state index contributed by atoms with van der Waals surface area (Å²) < 4.78 is 157. The molecule has 0 aliphatic rings. The van der Waals surface area contributed by atoms with Crippen molar-refractivity contribution in [1.82, 2.24) is 0 Å². The van der Waals surface area contributed by atoms with Crippen LogP contribution in [0.2, 0.25) is 0 Å². The number of carbonyl (C=O) groups is 1. The minimum atomic E-state index is -7.22. The highest BCUT2D eigenvalue weighted by molar-refractivity contribution is 5.87. The Hall–Kier alpha value is -1.63. The second kappa shape index (κ2) is 7.18. The second-order valence-corrected chi connectivity index (χ2v) is 5.08. The summed E-state index contributed by atoms with van der Waals surface area (Å²) in [6, 6.07) is 0. The van der Waals surface area contributed by atoms with E-state index in [4.69, 9.17) is 0 Å². The average molecular weight is 414 g/mol. The highest BCUT2D eigenvalue weighted by Gasteiger charge is 2.84. The molecule has 0 rings (SSSR count). The van der Waals surface area contributed by atoms with Crippen LogP contribution in [-0.2, 0) is 9.53 Å². The number of alkyl halides is 12. The third-order valence-corrected chi connectivity index (χ3v) is 2.82. The molecule has 0 aromatic carbocycles. The van der Waals surface area contributed by atoms with Gasteiger partial charge in [-0.05, 0) is 13.3 Å². The molecule has 154 valence electrons. The zero-order valence-corrected chi connectivity index (χ0v) is 12.6. The monoisotopic (exact) mass is 414 g/mol. The van der Waals surface area contributed by atoms with Crippen molar-refractivity contribution in [1.29, 1.82) is 0 Å². The topological polar surface area (TPSA) is 26.3 Å². The van der Waals surface area contributed by atoms with Gasteiger partial charge < -0.3 is 4.74 Å². The van der Waals surface area contributed by atoms with Gasteiger partial charge in [0.25, 0.3) is 0 Å². The quantitative estimate of drug-likeness (QED) is 0.307. The molecule has 0 aliphatic carbocycles. The molecule has 0 amide bonds. The Labute approximate surface area is 137 Å². The Morgan fingerprint density at radius 3 is 1.69 bits per heavy atom. The molecule has 1 atom stereocenters. The molecule has 0 aliphatic heterocycles. The maximum absolute atomic E-state index is 13.3. The van der Waals surface area contributed by atoms with Gasteiger partial charge in [0.15, 0.2) is 6.17 Å². The van der Waals surface area contributed by atoms with E-state index < -0.39 is 60.6 Å². The van der Waals surface area contributed by atoms with E-state index in [9.17, 15) is 57.5 Å². The van der Waals surface area contributed by atoms with Gasteiger partial charge in [-0.2, -0.15) is 48.3 Å². The molecule has 0 aromatic rings. The molecule has 14 heteroatoms. The molecule has 0 bridgehead atoms. The lowest BCUT2D eigenvalue weighted by molar-refractivity contribution is -0.421. The SMILES string of the molecule is C=C(C)C(=O)OC(F)(F)C(F)(F)C(F)(F)C(F)(F)C(F)CCC(F)(F)F. The van der Waals surface area contributed by atoms with Gasteiger partial charge in [-0.3, -0.25) is 0 Å². The predicted molar refractivity (Wildman–Crippen MR) is 60.9 cm³/mol. The first kappa shape index (κ1) is 24.4. The first-order valence-electron chi connectivity index (χ1n) is 6.31. The van der Waals surface area contributed by atoms with E-state index in [1.807, 2.05) is 0 Å². The second-order valence-electron chi connectivity index (χ2n) is 5.08. The molecule has 26 heavy (non-hydrogen) atoms. The fourth-order valence-electron chi connectivity index (χ4n) is 1.33. The third-order valence-electron chi connectivity index (χ3n) is 2.82. The standard InChI is InChI=1S/C12H10F12O2/c1-5(2)7(25)26-12(23,24)11(21,22)10(19,20)9(17,18)6(13)3-4-8(14,15)16/h6H,1,3-4H2,2H3. The van der Waals surface area contributed by atoms with Crippen LogP contribution in [-0.4, -0.2) is 42.2 Å². The number of halogens is 12. The molecular weight excluding hydrogens is 404 g/mol. The van der Waals surface area contributed by atoms with Crippen LogP contribution in [0.15, 0.2) is 12.2 Å². The summed E-state index contributed by atoms with van der Waals surface area (Å²) in [7, 11) is 0. The number of ether oxygens (including phenoxy) is 1. The summed E-state index contributed by atoms with van der Waals surface area (Å²) in [5.74, 6) is -23.4. The van der Waals surface area contributed by atoms with Crippen molar-refractivity contribution < 1.29 is 62.2 Å². The first-order chi connectivity index (χ1) is 11.2. The molecule has 0 fully saturated rings. The number of hydrogen-bond acceptors (Lipinski definition) is 2. The zero-order valence-electron chi connectivity index (χ0n) is 12.6. The van der Waals surface area contributed by atoms with Crippen molar-refractivity contribution >= 4 is 5.97 Å². The summed E-state index contributed by atoms with van der Waals surface area (Å²) in [6.07, 6.45) is -21.2. The van der Waals surface area contributed by atoms with Crippen LogP contribution >= 0.6 is 0 Å². The fraction of sp³-hybridized carbons (Fsp3) is 0.750. The average Bonchev–Trinajstić information content (AvgIpc) is 2.42. The van der Waals surface area contributed by atoms with Crippen LogP contribution in [0.4, 0.5) is 52.7 Å². The highest BCUT2D eigenvalue weighted by Crippen LogP contribution is 2.55. The zero-order chi connectivity index (χ0) is 21.4. The summed E-state index contributed by atoms with van der Waals surface area (Å²) >= 11 is 0. The maximum Gasteiger partial charge on any atom is 0.473 e. The van der Waals surface area contributed by atoms with E-state index in [1.54, 1.807) is 0 Å². The summed E-state index contributed by atoms with van der Waals surface area (Å²) in [5.41, 5.74) is -0.996. The van der Waals surface area contributed by atoms with Crippen molar-refractivity contribution in [3.8, 4) is 0 Å². The van der Waals surface area contributed by atoms with E-state index in [-0.39, 0.29) is 0 Å².